The van der Waals surface area contributed by atoms with Gasteiger partial charge in [-0.05, 0) is 34.8 Å². The summed E-state index contributed by atoms with van der Waals surface area (Å²) in [7, 11) is 0. The molecule has 0 aromatic heterocycles. The maximum atomic E-state index is 10.4. The van der Waals surface area contributed by atoms with Crippen LogP contribution in [-0.4, -0.2) is 21.3 Å². The number of carboxylic acid groups (broad SMARTS) is 1. The fourth-order valence-corrected chi connectivity index (χ4v) is 0.401. The maximum Gasteiger partial charge on any atom is 0.456 e. The lowest BCUT2D eigenvalue weighted by molar-refractivity contribution is 0.152. The van der Waals surface area contributed by atoms with Crippen LogP contribution in [0.2, 0.25) is 0 Å². The summed E-state index contributed by atoms with van der Waals surface area (Å²) in [6, 6.07) is 0. The first-order chi connectivity index (χ1) is 5.31. The molecule has 68 valence electrons. The lowest BCUT2D eigenvalue weighted by atomic mass is 11.2. The molecule has 2 amide bonds. The van der Waals surface area contributed by atoms with Gasteiger partial charge in [0.15, 0.2) is 0 Å². The summed E-state index contributed by atoms with van der Waals surface area (Å²) in [6.45, 7) is 0. The van der Waals surface area contributed by atoms with Crippen molar-refractivity contribution in [3.8, 4) is 0 Å². The van der Waals surface area contributed by atoms with Crippen molar-refractivity contribution in [3.63, 3.8) is 0 Å². The number of halogens is 3. The third-order valence-corrected chi connectivity index (χ3v) is 0.652. The number of azo groups is 1. The number of carbonyl (C=O) groups is 2. The Morgan fingerprint density at radius 2 is 1.75 bits per heavy atom. The van der Waals surface area contributed by atoms with E-state index in [1.165, 1.54) is 0 Å². The van der Waals surface area contributed by atoms with Crippen LogP contribution in [-0.2, 0) is 4.74 Å². The van der Waals surface area contributed by atoms with E-state index < -0.39 is 16.2 Å². The van der Waals surface area contributed by atoms with Gasteiger partial charge >= 0.3 is 16.2 Å². The lowest BCUT2D eigenvalue weighted by Crippen LogP contribution is -2.12. The van der Waals surface area contributed by atoms with Gasteiger partial charge in [-0.15, -0.1) is 0 Å². The van der Waals surface area contributed by atoms with E-state index in [-0.39, 0.29) is 0 Å². The summed E-state index contributed by atoms with van der Waals surface area (Å²) in [5.41, 5.74) is 0. The molecule has 0 fully saturated rings. The molecule has 0 aromatic rings. The first-order valence-electron chi connectivity index (χ1n) is 2.25. The van der Waals surface area contributed by atoms with Crippen LogP contribution in [0.3, 0.4) is 0 Å². The summed E-state index contributed by atoms with van der Waals surface area (Å²) in [5.74, 6) is 0. The topological polar surface area (TPSA) is 88.3 Å². The molecule has 0 aliphatic heterocycles. The summed E-state index contributed by atoms with van der Waals surface area (Å²) in [6.07, 6.45) is -3.06. The molecular weight excluding hydrogens is 234 g/mol. The summed E-state index contributed by atoms with van der Waals surface area (Å²) >= 11 is 14.9. The third-order valence-electron chi connectivity index (χ3n) is 0.420. The zero-order valence-electron chi connectivity index (χ0n) is 5.20. The van der Waals surface area contributed by atoms with Gasteiger partial charge < -0.3 is 9.84 Å². The van der Waals surface area contributed by atoms with Gasteiger partial charge in [0, 0.05) is 0 Å². The highest BCUT2D eigenvalue weighted by atomic mass is 35.6. The van der Waals surface area contributed by atoms with Gasteiger partial charge in [0.25, 0.3) is 0 Å². The lowest BCUT2D eigenvalue weighted by Gasteiger charge is -2.07. The number of ether oxygens (including phenoxy) is 1. The number of amides is 2. The Kier molecular flexibility index (Phi) is 4.22. The van der Waals surface area contributed by atoms with Gasteiger partial charge in [0.1, 0.15) is 0 Å². The second kappa shape index (κ2) is 4.44. The van der Waals surface area contributed by atoms with Crippen molar-refractivity contribution >= 4 is 47.0 Å². The predicted octanol–water partition coefficient (Wildman–Crippen LogP) is 2.58. The van der Waals surface area contributed by atoms with E-state index in [4.69, 9.17) is 39.9 Å². The van der Waals surface area contributed by atoms with Gasteiger partial charge in [-0.3, -0.25) is 0 Å². The average Bonchev–Trinajstić information content (AvgIpc) is 1.79. The minimum atomic E-state index is -2.27. The molecule has 0 aliphatic carbocycles. The van der Waals surface area contributed by atoms with Gasteiger partial charge in [-0.1, -0.05) is 10.2 Å². The Balaban J connectivity index is 3.99. The quantitative estimate of drug-likeness (QED) is 0.516. The van der Waals surface area contributed by atoms with Crippen LogP contribution in [0.5, 0.6) is 0 Å². The van der Waals surface area contributed by atoms with E-state index >= 15 is 0 Å². The Bertz CT molecular complexity index is 222. The highest BCUT2D eigenvalue weighted by Crippen LogP contribution is 2.27. The molecule has 12 heavy (non-hydrogen) atoms. The molecule has 0 aromatic carbocycles. The van der Waals surface area contributed by atoms with Gasteiger partial charge in [-0.25, -0.2) is 9.59 Å². The zero-order chi connectivity index (χ0) is 9.78. The van der Waals surface area contributed by atoms with Crippen LogP contribution < -0.4 is 0 Å². The molecule has 0 unspecified atom stereocenters. The first kappa shape index (κ1) is 11.4. The Morgan fingerprint density at radius 3 is 2.08 bits per heavy atom. The van der Waals surface area contributed by atoms with E-state index in [1.54, 1.807) is 0 Å². The molecule has 0 aliphatic rings. The van der Waals surface area contributed by atoms with Crippen LogP contribution in [0, 0.1) is 0 Å². The molecule has 0 rings (SSSR count). The third kappa shape index (κ3) is 7.52. The second-order valence-corrected chi connectivity index (χ2v) is 3.47. The van der Waals surface area contributed by atoms with Crippen LogP contribution >= 0.6 is 34.8 Å². The van der Waals surface area contributed by atoms with Crippen molar-refractivity contribution in [1.82, 2.24) is 0 Å². The number of carbonyl (C=O) groups excluding carboxylic acids is 1. The van der Waals surface area contributed by atoms with Crippen molar-refractivity contribution < 1.29 is 19.4 Å². The van der Waals surface area contributed by atoms with Gasteiger partial charge in [-0.2, -0.15) is 0 Å². The number of nitrogens with zero attached hydrogens (tertiary/aromatic N) is 2. The van der Waals surface area contributed by atoms with Crippen LogP contribution in [0.4, 0.5) is 9.59 Å². The van der Waals surface area contributed by atoms with E-state index in [1.807, 2.05) is 0 Å². The van der Waals surface area contributed by atoms with Crippen molar-refractivity contribution in [3.05, 3.63) is 0 Å². The minimum Gasteiger partial charge on any atom is -0.462 e. The number of alkyl halides is 3. The monoisotopic (exact) mass is 234 g/mol. The average molecular weight is 235 g/mol. The maximum absolute atomic E-state index is 10.4. The Labute approximate surface area is 81.1 Å². The van der Waals surface area contributed by atoms with Crippen molar-refractivity contribution in [1.29, 1.82) is 0 Å². The Hall–Kier alpha value is -0.590. The summed E-state index contributed by atoms with van der Waals surface area (Å²) in [5, 5.41) is 12.8. The predicted molar refractivity (Wildman–Crippen MR) is 39.7 cm³/mol. The zero-order valence-corrected chi connectivity index (χ0v) is 7.47. The van der Waals surface area contributed by atoms with E-state index in [9.17, 15) is 9.59 Å². The summed E-state index contributed by atoms with van der Waals surface area (Å²) < 4.78 is 1.65. The molecule has 0 atom stereocenters. The molecule has 0 bridgehead atoms. The largest absolute Gasteiger partial charge is 0.462 e. The van der Waals surface area contributed by atoms with Crippen molar-refractivity contribution in [2.75, 3.05) is 0 Å². The fraction of sp³-hybridized carbons (Fsp3) is 0.333. The molecule has 0 heterocycles. The van der Waals surface area contributed by atoms with E-state index in [2.05, 4.69) is 15.0 Å². The molecule has 6 nitrogen and oxygen atoms in total. The molecular formula is C3HCl3N2O4. The number of hydrogen-bond donors (Lipinski definition) is 1. The minimum absolute atomic E-state index is 1.41. The van der Waals surface area contributed by atoms with Crippen molar-refractivity contribution in [2.24, 2.45) is 10.2 Å². The standard InChI is InChI=1S/C3HCl3N2O4/c4-3(5,6)12-2(11)8-7-1(9)10/h(H,9,10). The van der Waals surface area contributed by atoms with E-state index in [0.29, 0.717) is 0 Å². The Morgan fingerprint density at radius 1 is 1.25 bits per heavy atom. The normalized spacial score (nSPS) is 11.6. The molecule has 9 heteroatoms. The number of hydrogen-bond acceptors (Lipinski definition) is 3. The smallest absolute Gasteiger partial charge is 0.456 e. The van der Waals surface area contributed by atoms with Crippen molar-refractivity contribution in [2.45, 2.75) is 3.98 Å². The van der Waals surface area contributed by atoms with Crippen LogP contribution in [0.25, 0.3) is 0 Å². The van der Waals surface area contributed by atoms with Gasteiger partial charge in [0.05, 0.1) is 0 Å². The van der Waals surface area contributed by atoms with Gasteiger partial charge in [0.2, 0.25) is 0 Å². The molecule has 1 N–H and O–H groups in total. The SMILES string of the molecule is O=C(O)N=NC(=O)OC(Cl)(Cl)Cl. The number of rotatable bonds is 0. The first-order valence-corrected chi connectivity index (χ1v) is 3.39. The highest BCUT2D eigenvalue weighted by Gasteiger charge is 2.25. The van der Waals surface area contributed by atoms with E-state index in [0.717, 1.165) is 0 Å². The van der Waals surface area contributed by atoms with Crippen LogP contribution in [0.1, 0.15) is 0 Å². The molecule has 0 spiro atoms. The second-order valence-electron chi connectivity index (χ2n) is 1.30. The fourth-order valence-electron chi connectivity index (χ4n) is 0.203. The van der Waals surface area contributed by atoms with Crippen LogP contribution in [0.15, 0.2) is 10.2 Å². The molecule has 0 saturated carbocycles. The summed E-state index contributed by atoms with van der Waals surface area (Å²) in [4.78, 5) is 20.1. The molecule has 0 saturated heterocycles. The molecule has 0 radical (unpaired) electrons. The highest BCUT2D eigenvalue weighted by molar-refractivity contribution is 6.66.